The van der Waals surface area contributed by atoms with Gasteiger partial charge in [0.25, 0.3) is 0 Å². The van der Waals surface area contributed by atoms with Crippen LogP contribution in [0.2, 0.25) is 5.02 Å². The van der Waals surface area contributed by atoms with Crippen LogP contribution in [0, 0.1) is 0 Å². The lowest BCUT2D eigenvalue weighted by Crippen LogP contribution is -2.35. The first-order valence-corrected chi connectivity index (χ1v) is 4.61. The molecule has 1 rings (SSSR count). The van der Waals surface area contributed by atoms with Crippen molar-refractivity contribution in [3.63, 3.8) is 0 Å². The van der Waals surface area contributed by atoms with Gasteiger partial charge >= 0.3 is 0 Å². The minimum Gasteiger partial charge on any atom is -0.365 e. The summed E-state index contributed by atoms with van der Waals surface area (Å²) in [4.78, 5) is 4.10. The Balaban J connectivity index is 2.69. The third-order valence-electron chi connectivity index (χ3n) is 1.91. The number of nitrogens with zero attached hydrogens (tertiary/aromatic N) is 1. The normalized spacial score (nSPS) is 15.1. The Morgan fingerprint density at radius 1 is 1.54 bits per heavy atom. The van der Waals surface area contributed by atoms with Crippen LogP contribution in [0.25, 0.3) is 0 Å². The largest absolute Gasteiger partial charge is 0.365 e. The van der Waals surface area contributed by atoms with E-state index < -0.39 is 0 Å². The molecule has 0 spiro atoms. The van der Waals surface area contributed by atoms with Gasteiger partial charge in [-0.3, -0.25) is 0 Å². The highest BCUT2D eigenvalue weighted by Gasteiger charge is 2.09. The Labute approximate surface area is 83.3 Å². The second-order valence-electron chi connectivity index (χ2n) is 3.13. The molecule has 1 aromatic heterocycles. The second-order valence-corrected chi connectivity index (χ2v) is 3.53. The first-order valence-electron chi connectivity index (χ1n) is 4.24. The van der Waals surface area contributed by atoms with Gasteiger partial charge in [0.1, 0.15) is 5.82 Å². The number of hydrogen-bond acceptors (Lipinski definition) is 3. The van der Waals surface area contributed by atoms with Crippen LogP contribution in [0.1, 0.15) is 13.8 Å². The molecule has 0 aliphatic carbocycles. The number of rotatable bonds is 3. The molecule has 0 saturated carbocycles. The quantitative estimate of drug-likeness (QED) is 0.782. The average molecular weight is 200 g/mol. The lowest BCUT2D eigenvalue weighted by Gasteiger charge is -2.18. The lowest BCUT2D eigenvalue weighted by atomic mass is 10.2. The molecule has 0 fully saturated rings. The molecule has 0 radical (unpaired) electrons. The lowest BCUT2D eigenvalue weighted by molar-refractivity contribution is 0.636. The smallest absolute Gasteiger partial charge is 0.145 e. The van der Waals surface area contributed by atoms with E-state index in [1.165, 1.54) is 0 Å². The SMILES string of the molecule is CC(N)C(C)Nc1ncccc1Cl. The molecule has 0 aliphatic rings. The van der Waals surface area contributed by atoms with Crippen molar-refractivity contribution in [2.45, 2.75) is 25.9 Å². The van der Waals surface area contributed by atoms with Crippen LogP contribution < -0.4 is 11.1 Å². The monoisotopic (exact) mass is 199 g/mol. The molecule has 0 aromatic carbocycles. The van der Waals surface area contributed by atoms with Crippen LogP contribution in [0.4, 0.5) is 5.82 Å². The maximum absolute atomic E-state index is 5.91. The molecule has 13 heavy (non-hydrogen) atoms. The van der Waals surface area contributed by atoms with Crippen molar-refractivity contribution in [3.05, 3.63) is 23.4 Å². The molecule has 1 heterocycles. The third kappa shape index (κ3) is 2.86. The van der Waals surface area contributed by atoms with Crippen molar-refractivity contribution in [2.24, 2.45) is 5.73 Å². The fraction of sp³-hybridized carbons (Fsp3) is 0.444. The zero-order valence-electron chi connectivity index (χ0n) is 7.79. The summed E-state index contributed by atoms with van der Waals surface area (Å²) < 4.78 is 0. The minimum atomic E-state index is 0.0677. The molecule has 2 unspecified atom stereocenters. The van der Waals surface area contributed by atoms with Crippen molar-refractivity contribution in [2.75, 3.05) is 5.32 Å². The molecule has 1 aromatic rings. The Kier molecular flexibility index (Phi) is 3.51. The summed E-state index contributed by atoms with van der Waals surface area (Å²) in [5, 5.41) is 3.76. The number of aromatic nitrogens is 1. The van der Waals surface area contributed by atoms with Crippen LogP contribution >= 0.6 is 11.6 Å². The molecule has 72 valence electrons. The Bertz CT molecular complexity index is 275. The van der Waals surface area contributed by atoms with Gasteiger partial charge in [0, 0.05) is 18.3 Å². The number of pyridine rings is 1. The standard InChI is InChI=1S/C9H14ClN3/c1-6(11)7(2)13-9-8(10)4-3-5-12-9/h3-7H,11H2,1-2H3,(H,12,13). The van der Waals surface area contributed by atoms with E-state index in [0.29, 0.717) is 10.8 Å². The highest BCUT2D eigenvalue weighted by molar-refractivity contribution is 6.32. The predicted octanol–water partition coefficient (Wildman–Crippen LogP) is 1.88. The zero-order chi connectivity index (χ0) is 9.84. The van der Waals surface area contributed by atoms with E-state index in [2.05, 4.69) is 10.3 Å². The number of nitrogens with one attached hydrogen (secondary N) is 1. The van der Waals surface area contributed by atoms with Crippen LogP contribution in [0.5, 0.6) is 0 Å². The number of halogens is 1. The maximum Gasteiger partial charge on any atom is 0.145 e. The van der Waals surface area contributed by atoms with E-state index in [9.17, 15) is 0 Å². The van der Waals surface area contributed by atoms with Gasteiger partial charge in [-0.25, -0.2) is 4.98 Å². The Hall–Kier alpha value is -0.800. The minimum absolute atomic E-state index is 0.0677. The van der Waals surface area contributed by atoms with E-state index >= 15 is 0 Å². The van der Waals surface area contributed by atoms with Gasteiger partial charge in [-0.05, 0) is 26.0 Å². The van der Waals surface area contributed by atoms with E-state index in [4.69, 9.17) is 17.3 Å². The van der Waals surface area contributed by atoms with Gasteiger partial charge in [-0.2, -0.15) is 0 Å². The van der Waals surface area contributed by atoms with Crippen molar-refractivity contribution >= 4 is 17.4 Å². The first kappa shape index (κ1) is 10.3. The predicted molar refractivity (Wildman–Crippen MR) is 56.0 cm³/mol. The third-order valence-corrected chi connectivity index (χ3v) is 2.22. The van der Waals surface area contributed by atoms with Crippen LogP contribution in [0.15, 0.2) is 18.3 Å². The molecule has 4 heteroatoms. The van der Waals surface area contributed by atoms with Crippen molar-refractivity contribution in [1.82, 2.24) is 4.98 Å². The van der Waals surface area contributed by atoms with Gasteiger partial charge in [0.05, 0.1) is 5.02 Å². The van der Waals surface area contributed by atoms with E-state index in [1.54, 1.807) is 18.3 Å². The fourth-order valence-corrected chi connectivity index (χ4v) is 1.02. The van der Waals surface area contributed by atoms with Crippen LogP contribution in [-0.4, -0.2) is 17.1 Å². The van der Waals surface area contributed by atoms with Crippen LogP contribution in [0.3, 0.4) is 0 Å². The van der Waals surface area contributed by atoms with Crippen molar-refractivity contribution in [3.8, 4) is 0 Å². The van der Waals surface area contributed by atoms with Gasteiger partial charge in [0.2, 0.25) is 0 Å². The molecule has 0 aliphatic heterocycles. The first-order chi connectivity index (χ1) is 6.11. The molecule has 0 amide bonds. The molecule has 0 bridgehead atoms. The van der Waals surface area contributed by atoms with Gasteiger partial charge in [-0.1, -0.05) is 11.6 Å². The van der Waals surface area contributed by atoms with Gasteiger partial charge < -0.3 is 11.1 Å². The summed E-state index contributed by atoms with van der Waals surface area (Å²) >= 11 is 5.91. The summed E-state index contributed by atoms with van der Waals surface area (Å²) in [6, 6.07) is 3.82. The Morgan fingerprint density at radius 3 is 2.77 bits per heavy atom. The Morgan fingerprint density at radius 2 is 2.23 bits per heavy atom. The summed E-state index contributed by atoms with van der Waals surface area (Å²) in [5.74, 6) is 0.689. The molecule has 0 saturated heterocycles. The van der Waals surface area contributed by atoms with Crippen molar-refractivity contribution < 1.29 is 0 Å². The topological polar surface area (TPSA) is 50.9 Å². The van der Waals surface area contributed by atoms with E-state index in [-0.39, 0.29) is 12.1 Å². The summed E-state index contributed by atoms with van der Waals surface area (Å²) in [7, 11) is 0. The summed E-state index contributed by atoms with van der Waals surface area (Å²) in [5.41, 5.74) is 5.70. The van der Waals surface area contributed by atoms with E-state index in [1.807, 2.05) is 13.8 Å². The maximum atomic E-state index is 5.91. The van der Waals surface area contributed by atoms with E-state index in [0.717, 1.165) is 0 Å². The molecular formula is C9H14ClN3. The van der Waals surface area contributed by atoms with Gasteiger partial charge in [-0.15, -0.1) is 0 Å². The summed E-state index contributed by atoms with van der Waals surface area (Å²) in [6.45, 7) is 3.93. The summed E-state index contributed by atoms with van der Waals surface area (Å²) in [6.07, 6.45) is 1.70. The number of hydrogen-bond donors (Lipinski definition) is 2. The number of anilines is 1. The molecule has 2 atom stereocenters. The molecule has 3 nitrogen and oxygen atoms in total. The van der Waals surface area contributed by atoms with Crippen LogP contribution in [-0.2, 0) is 0 Å². The zero-order valence-corrected chi connectivity index (χ0v) is 8.55. The second kappa shape index (κ2) is 4.44. The van der Waals surface area contributed by atoms with Crippen molar-refractivity contribution in [1.29, 1.82) is 0 Å². The number of nitrogens with two attached hydrogens (primary N) is 1. The highest BCUT2D eigenvalue weighted by atomic mass is 35.5. The average Bonchev–Trinajstić information content (AvgIpc) is 2.08. The highest BCUT2D eigenvalue weighted by Crippen LogP contribution is 2.18. The molecule has 3 N–H and O–H groups in total. The fourth-order valence-electron chi connectivity index (χ4n) is 0.839. The molecular weight excluding hydrogens is 186 g/mol. The van der Waals surface area contributed by atoms with Gasteiger partial charge in [0.15, 0.2) is 0 Å².